The molecule has 1 aliphatic rings. The van der Waals surface area contributed by atoms with Gasteiger partial charge in [0.1, 0.15) is 11.8 Å². The van der Waals surface area contributed by atoms with Gasteiger partial charge in [-0.05, 0) is 12.5 Å². The normalized spacial score (nSPS) is 16.7. The molecule has 2 heterocycles. The van der Waals surface area contributed by atoms with E-state index in [1.165, 1.54) is 0 Å². The molecule has 0 radical (unpaired) electrons. The Hall–Kier alpha value is -2.05. The third-order valence-corrected chi connectivity index (χ3v) is 3.56. The summed E-state index contributed by atoms with van der Waals surface area (Å²) in [6, 6.07) is 2.66. The van der Waals surface area contributed by atoms with Crippen LogP contribution in [0.5, 0.6) is 11.5 Å². The van der Waals surface area contributed by atoms with Gasteiger partial charge in [0, 0.05) is 23.9 Å². The van der Waals surface area contributed by atoms with Crippen LogP contribution in [0.1, 0.15) is 24.9 Å². The number of aryl methyl sites for hydroxylation is 1. The van der Waals surface area contributed by atoms with Crippen LogP contribution in [0, 0.1) is 0 Å². The third kappa shape index (κ3) is 2.59. The van der Waals surface area contributed by atoms with Crippen LogP contribution in [0.4, 0.5) is 5.69 Å². The highest BCUT2D eigenvalue weighted by atomic mass is 35.5. The number of anilines is 1. The highest BCUT2D eigenvalue weighted by Gasteiger charge is 2.28. The van der Waals surface area contributed by atoms with E-state index in [0.29, 0.717) is 27.8 Å². The summed E-state index contributed by atoms with van der Waals surface area (Å²) in [5.41, 5.74) is 7.09. The summed E-state index contributed by atoms with van der Waals surface area (Å²) in [6.45, 7) is 2.90. The van der Waals surface area contributed by atoms with Crippen molar-refractivity contribution in [3.63, 3.8) is 0 Å². The maximum atomic E-state index is 11.6. The van der Waals surface area contributed by atoms with Crippen molar-refractivity contribution in [1.29, 1.82) is 0 Å². The lowest BCUT2D eigenvalue weighted by Crippen LogP contribution is -2.19. The number of hydrogen-bond donors (Lipinski definition) is 2. The molecule has 21 heavy (non-hydrogen) atoms. The second-order valence-electron chi connectivity index (χ2n) is 4.88. The van der Waals surface area contributed by atoms with Crippen molar-refractivity contribution < 1.29 is 9.53 Å². The summed E-state index contributed by atoms with van der Waals surface area (Å²) in [4.78, 5) is 11.6. The monoisotopic (exact) mass is 306 g/mol. The molecule has 0 fully saturated rings. The van der Waals surface area contributed by atoms with E-state index in [4.69, 9.17) is 22.1 Å². The van der Waals surface area contributed by atoms with Crippen molar-refractivity contribution >= 4 is 23.2 Å². The van der Waals surface area contributed by atoms with Crippen LogP contribution in [0.15, 0.2) is 24.5 Å². The average Bonchev–Trinajstić information content (AvgIpc) is 2.99. The molecular weight excluding hydrogens is 292 g/mol. The Bertz CT molecular complexity index is 698. The molecule has 110 valence electrons. The first-order valence-corrected chi connectivity index (χ1v) is 7.06. The maximum Gasteiger partial charge on any atom is 0.245 e. The summed E-state index contributed by atoms with van der Waals surface area (Å²) < 4.78 is 7.52. The van der Waals surface area contributed by atoms with Gasteiger partial charge < -0.3 is 15.8 Å². The molecule has 1 atom stereocenters. The summed E-state index contributed by atoms with van der Waals surface area (Å²) in [7, 11) is 0. The van der Waals surface area contributed by atoms with Crippen LogP contribution >= 0.6 is 11.6 Å². The molecule has 2 aromatic rings. The number of carbonyl (C=O) groups is 1. The molecule has 1 aromatic carbocycles. The quantitative estimate of drug-likeness (QED) is 0.910. The lowest BCUT2D eigenvalue weighted by Gasteiger charge is -2.08. The van der Waals surface area contributed by atoms with Crippen LogP contribution in [0.25, 0.3) is 0 Å². The second-order valence-corrected chi connectivity index (χ2v) is 5.29. The fraction of sp³-hybridized carbons (Fsp3) is 0.286. The van der Waals surface area contributed by atoms with Crippen molar-refractivity contribution in [1.82, 2.24) is 9.78 Å². The predicted molar refractivity (Wildman–Crippen MR) is 79.6 cm³/mol. The van der Waals surface area contributed by atoms with Gasteiger partial charge in [-0.15, -0.1) is 0 Å². The van der Waals surface area contributed by atoms with E-state index >= 15 is 0 Å². The number of nitrogens with zero attached hydrogens (tertiary/aromatic N) is 2. The number of nitrogens with two attached hydrogens (primary N) is 1. The number of halogens is 1. The smallest absolute Gasteiger partial charge is 0.245 e. The first-order chi connectivity index (χ1) is 10.1. The maximum absolute atomic E-state index is 11.6. The van der Waals surface area contributed by atoms with Gasteiger partial charge in [0.05, 0.1) is 17.4 Å². The fourth-order valence-corrected chi connectivity index (χ4v) is 2.45. The van der Waals surface area contributed by atoms with E-state index in [1.807, 2.05) is 0 Å². The molecular formula is C14H15ClN4O2. The number of aromatic nitrogens is 2. The topological polar surface area (TPSA) is 82.2 Å². The number of carbonyl (C=O) groups excluding carboxylic acids is 1. The molecule has 7 heteroatoms. The van der Waals surface area contributed by atoms with Crippen LogP contribution in [-0.2, 0) is 11.3 Å². The molecule has 0 bridgehead atoms. The second kappa shape index (κ2) is 5.38. The lowest BCUT2D eigenvalue weighted by atomic mass is 10.1. The zero-order valence-corrected chi connectivity index (χ0v) is 12.2. The number of rotatable bonds is 4. The van der Waals surface area contributed by atoms with Gasteiger partial charge in [-0.3, -0.25) is 9.48 Å². The first-order valence-electron chi connectivity index (χ1n) is 6.68. The molecule has 1 amide bonds. The molecule has 0 spiro atoms. The van der Waals surface area contributed by atoms with Gasteiger partial charge in [-0.1, -0.05) is 18.5 Å². The highest BCUT2D eigenvalue weighted by Crippen LogP contribution is 2.39. The minimum atomic E-state index is -0.682. The first kappa shape index (κ1) is 13.9. The number of hydrogen-bond acceptors (Lipinski definition) is 4. The van der Waals surface area contributed by atoms with Gasteiger partial charge in [-0.25, -0.2) is 0 Å². The van der Waals surface area contributed by atoms with E-state index in [9.17, 15) is 4.79 Å². The van der Waals surface area contributed by atoms with Crippen molar-refractivity contribution in [2.45, 2.75) is 25.9 Å². The molecule has 3 rings (SSSR count). The summed E-state index contributed by atoms with van der Waals surface area (Å²) in [6.07, 6.45) is 4.42. The van der Waals surface area contributed by atoms with Crippen molar-refractivity contribution in [2.75, 3.05) is 5.32 Å². The van der Waals surface area contributed by atoms with Crippen LogP contribution in [0.3, 0.4) is 0 Å². The number of benzene rings is 1. The fourth-order valence-electron chi connectivity index (χ4n) is 2.24. The minimum absolute atomic E-state index is 0.242. The largest absolute Gasteiger partial charge is 0.452 e. The number of fused-ring (bicyclic) bond motifs is 1. The van der Waals surface area contributed by atoms with E-state index in [0.717, 1.165) is 13.0 Å². The highest BCUT2D eigenvalue weighted by molar-refractivity contribution is 6.32. The molecule has 6 nitrogen and oxygen atoms in total. The molecule has 1 aliphatic heterocycles. The zero-order chi connectivity index (χ0) is 15.0. The van der Waals surface area contributed by atoms with Gasteiger partial charge in [-0.2, -0.15) is 5.10 Å². The number of amides is 1. The SMILES string of the molecule is CCCn1cc(Oc2cc3c(cc2Cl)C(N)C(=O)N3)cn1. The Morgan fingerprint density at radius 3 is 3.10 bits per heavy atom. The van der Waals surface area contributed by atoms with E-state index in [2.05, 4.69) is 17.3 Å². The molecule has 1 aromatic heterocycles. The summed E-state index contributed by atoms with van der Waals surface area (Å²) in [5.74, 6) is 0.814. The molecule has 1 unspecified atom stereocenters. The minimum Gasteiger partial charge on any atom is -0.452 e. The molecule has 0 saturated carbocycles. The van der Waals surface area contributed by atoms with Crippen LogP contribution < -0.4 is 15.8 Å². The number of nitrogens with one attached hydrogen (secondary N) is 1. The van der Waals surface area contributed by atoms with Gasteiger partial charge in [0.2, 0.25) is 5.91 Å². The van der Waals surface area contributed by atoms with E-state index < -0.39 is 6.04 Å². The summed E-state index contributed by atoms with van der Waals surface area (Å²) in [5, 5.41) is 7.30. The number of ether oxygens (including phenoxy) is 1. The van der Waals surface area contributed by atoms with E-state index in [1.54, 1.807) is 29.2 Å². The molecule has 0 saturated heterocycles. The Labute approximate surface area is 126 Å². The van der Waals surface area contributed by atoms with E-state index in [-0.39, 0.29) is 5.91 Å². The van der Waals surface area contributed by atoms with Crippen molar-refractivity contribution in [2.24, 2.45) is 5.73 Å². The van der Waals surface area contributed by atoms with Crippen LogP contribution in [-0.4, -0.2) is 15.7 Å². The van der Waals surface area contributed by atoms with Gasteiger partial charge >= 0.3 is 0 Å². The van der Waals surface area contributed by atoms with Gasteiger partial charge in [0.15, 0.2) is 5.75 Å². The Balaban J connectivity index is 1.86. The molecule has 3 N–H and O–H groups in total. The lowest BCUT2D eigenvalue weighted by molar-refractivity contribution is -0.116. The standard InChI is InChI=1S/C14H15ClN4O2/c1-2-3-19-7-8(6-17-19)21-12-5-11-9(4-10(12)15)13(16)14(20)18-11/h4-7,13H,2-3,16H2,1H3,(H,18,20). The van der Waals surface area contributed by atoms with Gasteiger partial charge in [0.25, 0.3) is 0 Å². The third-order valence-electron chi connectivity index (χ3n) is 3.27. The molecule has 0 aliphatic carbocycles. The summed E-state index contributed by atoms with van der Waals surface area (Å²) >= 11 is 6.19. The zero-order valence-electron chi connectivity index (χ0n) is 11.5. The van der Waals surface area contributed by atoms with Crippen molar-refractivity contribution in [3.8, 4) is 11.5 Å². The Morgan fingerprint density at radius 2 is 2.33 bits per heavy atom. The van der Waals surface area contributed by atoms with Crippen molar-refractivity contribution in [3.05, 3.63) is 35.1 Å². The predicted octanol–water partition coefficient (Wildman–Crippen LogP) is 2.69. The van der Waals surface area contributed by atoms with Crippen LogP contribution in [0.2, 0.25) is 5.02 Å². The Kier molecular flexibility index (Phi) is 3.57. The Morgan fingerprint density at radius 1 is 1.52 bits per heavy atom. The average molecular weight is 307 g/mol.